The molecule has 0 saturated heterocycles. The zero-order valence-electron chi connectivity index (χ0n) is 16.0. The van der Waals surface area contributed by atoms with Crippen LogP contribution in [0.4, 0.5) is 0 Å². The predicted octanol–water partition coefficient (Wildman–Crippen LogP) is 5.37. The number of carbonyl (C=O) groups is 1. The monoisotopic (exact) mass is 380 g/mol. The second-order valence-electron chi connectivity index (χ2n) is 9.39. The van der Waals surface area contributed by atoms with Crippen LogP contribution in [0.1, 0.15) is 65.9 Å². The molecule has 2 aromatic rings. The molecule has 142 valence electrons. The van der Waals surface area contributed by atoms with E-state index in [2.05, 4.69) is 24.0 Å². The first-order valence-corrected chi connectivity index (χ1v) is 11.2. The number of nitrogens with zero attached hydrogens (tertiary/aromatic N) is 1. The van der Waals surface area contributed by atoms with Crippen molar-refractivity contribution in [1.29, 1.82) is 0 Å². The van der Waals surface area contributed by atoms with Crippen LogP contribution >= 0.6 is 11.3 Å². The lowest BCUT2D eigenvalue weighted by atomic mass is 9.48. The summed E-state index contributed by atoms with van der Waals surface area (Å²) in [6, 6.07) is 8.25. The molecule has 0 unspecified atom stereocenters. The molecule has 27 heavy (non-hydrogen) atoms. The van der Waals surface area contributed by atoms with Crippen LogP contribution in [0.15, 0.2) is 24.3 Å². The van der Waals surface area contributed by atoms with Crippen LogP contribution in [-0.2, 0) is 6.42 Å². The quantitative estimate of drug-likeness (QED) is 0.758. The Morgan fingerprint density at radius 3 is 2.37 bits per heavy atom. The van der Waals surface area contributed by atoms with Crippen molar-refractivity contribution < 1.29 is 4.79 Å². The molecular weight excluding hydrogens is 352 g/mol. The summed E-state index contributed by atoms with van der Waals surface area (Å²) in [6.07, 6.45) is 10.8. The molecule has 4 saturated carbocycles. The van der Waals surface area contributed by atoms with Crippen LogP contribution in [-0.4, -0.2) is 10.9 Å². The molecule has 3 nitrogen and oxygen atoms in total. The summed E-state index contributed by atoms with van der Waals surface area (Å²) in [6.45, 7) is 2.09. The number of amides is 1. The zero-order valence-corrected chi connectivity index (χ0v) is 16.9. The maximum atomic E-state index is 12.0. The summed E-state index contributed by atoms with van der Waals surface area (Å²) in [5.74, 6) is 2.52. The predicted molar refractivity (Wildman–Crippen MR) is 110 cm³/mol. The molecule has 1 amide bonds. The molecule has 2 N–H and O–H groups in total. The van der Waals surface area contributed by atoms with Crippen molar-refractivity contribution in [2.75, 3.05) is 0 Å². The molecule has 1 aromatic heterocycles. The first kappa shape index (κ1) is 17.4. The van der Waals surface area contributed by atoms with E-state index in [0.29, 0.717) is 11.1 Å². The van der Waals surface area contributed by atoms with E-state index in [1.807, 2.05) is 12.1 Å². The van der Waals surface area contributed by atoms with Crippen LogP contribution in [0.2, 0.25) is 0 Å². The fraction of sp³-hybridized carbons (Fsp3) is 0.565. The Morgan fingerprint density at radius 2 is 1.78 bits per heavy atom. The normalized spacial score (nSPS) is 31.4. The van der Waals surface area contributed by atoms with Crippen molar-refractivity contribution in [3.05, 3.63) is 40.4 Å². The molecule has 0 atom stereocenters. The second-order valence-corrected chi connectivity index (χ2v) is 10.5. The summed E-state index contributed by atoms with van der Waals surface area (Å²) < 4.78 is 0. The molecule has 4 bridgehead atoms. The maximum Gasteiger partial charge on any atom is 0.268 e. The van der Waals surface area contributed by atoms with Crippen molar-refractivity contribution in [3.63, 3.8) is 0 Å². The number of nitrogens with two attached hydrogens (primary N) is 1. The van der Waals surface area contributed by atoms with Crippen LogP contribution in [0.25, 0.3) is 10.6 Å². The number of aryl methyl sites for hydroxylation is 2. The summed E-state index contributed by atoms with van der Waals surface area (Å²) in [5.41, 5.74) is 9.02. The Bertz CT molecular complexity index is 849. The lowest BCUT2D eigenvalue weighted by molar-refractivity contribution is -0.0568. The molecular formula is C23H28N2OS. The molecule has 0 aliphatic heterocycles. The molecule has 4 heteroatoms. The number of hydrogen-bond acceptors (Lipinski definition) is 3. The van der Waals surface area contributed by atoms with E-state index in [1.165, 1.54) is 50.5 Å². The third-order valence-electron chi connectivity index (χ3n) is 7.35. The minimum absolute atomic E-state index is 0.383. The third-order valence-corrected chi connectivity index (χ3v) is 8.50. The van der Waals surface area contributed by atoms with E-state index < -0.39 is 0 Å². The number of primary amides is 1. The Morgan fingerprint density at radius 1 is 1.15 bits per heavy atom. The highest BCUT2D eigenvalue weighted by Gasteiger charge is 2.50. The van der Waals surface area contributed by atoms with E-state index in [1.54, 1.807) is 11.3 Å². The number of thiazole rings is 1. The van der Waals surface area contributed by atoms with Crippen molar-refractivity contribution >= 4 is 17.2 Å². The Kier molecular flexibility index (Phi) is 4.15. The van der Waals surface area contributed by atoms with Gasteiger partial charge in [-0.2, -0.15) is 0 Å². The van der Waals surface area contributed by atoms with Gasteiger partial charge < -0.3 is 5.73 Å². The maximum absolute atomic E-state index is 12.0. The molecule has 4 aliphatic carbocycles. The number of rotatable bonds is 5. The van der Waals surface area contributed by atoms with Crippen LogP contribution in [0, 0.1) is 30.1 Å². The second kappa shape index (κ2) is 6.44. The highest BCUT2D eigenvalue weighted by Crippen LogP contribution is 2.61. The SMILES string of the molecule is Cc1ccccc1-c1nc(C(N)=O)c(CCC23CC4CC(CC(C4)C2)C3)s1. The van der Waals surface area contributed by atoms with Crippen molar-refractivity contribution in [3.8, 4) is 10.6 Å². The van der Waals surface area contributed by atoms with Gasteiger partial charge in [0.2, 0.25) is 0 Å². The zero-order chi connectivity index (χ0) is 18.6. The van der Waals surface area contributed by atoms with E-state index in [4.69, 9.17) is 5.73 Å². The lowest BCUT2D eigenvalue weighted by Crippen LogP contribution is -2.46. The summed E-state index contributed by atoms with van der Waals surface area (Å²) in [4.78, 5) is 17.8. The first-order valence-electron chi connectivity index (χ1n) is 10.4. The van der Waals surface area contributed by atoms with E-state index in [9.17, 15) is 4.79 Å². The molecule has 6 rings (SSSR count). The van der Waals surface area contributed by atoms with Crippen LogP contribution in [0.3, 0.4) is 0 Å². The first-order chi connectivity index (χ1) is 13.0. The fourth-order valence-electron chi connectivity index (χ4n) is 6.62. The Balaban J connectivity index is 1.40. The van der Waals surface area contributed by atoms with E-state index >= 15 is 0 Å². The van der Waals surface area contributed by atoms with E-state index in [0.717, 1.165) is 39.6 Å². The average molecular weight is 381 g/mol. The highest BCUT2D eigenvalue weighted by molar-refractivity contribution is 7.15. The highest BCUT2D eigenvalue weighted by atomic mass is 32.1. The lowest BCUT2D eigenvalue weighted by Gasteiger charge is -2.57. The van der Waals surface area contributed by atoms with Gasteiger partial charge in [-0.25, -0.2) is 4.98 Å². The van der Waals surface area contributed by atoms with Gasteiger partial charge in [-0.1, -0.05) is 24.3 Å². The minimum atomic E-state index is -0.383. The van der Waals surface area contributed by atoms with Gasteiger partial charge in [0.15, 0.2) is 0 Å². The smallest absolute Gasteiger partial charge is 0.268 e. The Labute approximate surface area is 165 Å². The third kappa shape index (κ3) is 3.12. The van der Waals surface area contributed by atoms with Crippen molar-refractivity contribution in [1.82, 2.24) is 4.98 Å². The minimum Gasteiger partial charge on any atom is -0.364 e. The molecule has 0 spiro atoms. The van der Waals surface area contributed by atoms with Gasteiger partial charge in [0.1, 0.15) is 10.7 Å². The number of benzene rings is 1. The van der Waals surface area contributed by atoms with E-state index in [-0.39, 0.29) is 5.91 Å². The standard InChI is InChI=1S/C23H28N2OS/c1-14-4-2-3-5-18(14)22-25-20(21(24)26)19(27-22)6-7-23-11-15-8-16(12-23)10-17(9-15)13-23/h2-5,15-17H,6-13H2,1H3,(H2,24,26). The van der Waals surface area contributed by atoms with Gasteiger partial charge in [0.25, 0.3) is 5.91 Å². The fourth-order valence-corrected chi connectivity index (χ4v) is 7.77. The summed E-state index contributed by atoms with van der Waals surface area (Å²) in [7, 11) is 0. The molecule has 4 fully saturated rings. The number of hydrogen-bond donors (Lipinski definition) is 1. The number of aromatic nitrogens is 1. The van der Waals surface area contributed by atoms with Crippen molar-refractivity contribution in [2.45, 2.75) is 58.3 Å². The summed E-state index contributed by atoms with van der Waals surface area (Å²) >= 11 is 1.67. The average Bonchev–Trinajstić information content (AvgIpc) is 3.04. The van der Waals surface area contributed by atoms with Gasteiger partial charge in [-0.3, -0.25) is 4.79 Å². The van der Waals surface area contributed by atoms with Gasteiger partial charge in [-0.05, 0) is 87.0 Å². The van der Waals surface area contributed by atoms with Gasteiger partial charge >= 0.3 is 0 Å². The summed E-state index contributed by atoms with van der Waals surface area (Å²) in [5, 5.41) is 0.933. The molecule has 1 aromatic carbocycles. The Hall–Kier alpha value is -1.68. The van der Waals surface area contributed by atoms with Gasteiger partial charge in [0, 0.05) is 10.4 Å². The van der Waals surface area contributed by atoms with Gasteiger partial charge in [0.05, 0.1) is 0 Å². The van der Waals surface area contributed by atoms with Crippen molar-refractivity contribution in [2.24, 2.45) is 28.9 Å². The molecule has 1 heterocycles. The van der Waals surface area contributed by atoms with Crippen LogP contribution in [0.5, 0.6) is 0 Å². The molecule has 0 radical (unpaired) electrons. The molecule has 4 aliphatic rings. The largest absolute Gasteiger partial charge is 0.364 e. The van der Waals surface area contributed by atoms with Crippen LogP contribution < -0.4 is 5.73 Å². The topological polar surface area (TPSA) is 56.0 Å². The number of carbonyl (C=O) groups excluding carboxylic acids is 1. The van der Waals surface area contributed by atoms with Gasteiger partial charge in [-0.15, -0.1) is 11.3 Å².